The number of hydrogen-bond acceptors (Lipinski definition) is 3. The minimum absolute atomic E-state index is 0.104. The van der Waals surface area contributed by atoms with Crippen molar-refractivity contribution in [3.05, 3.63) is 22.3 Å². The summed E-state index contributed by atoms with van der Waals surface area (Å²) in [7, 11) is 0. The van der Waals surface area contributed by atoms with E-state index in [1.165, 1.54) is 0 Å². The van der Waals surface area contributed by atoms with Gasteiger partial charge in [-0.2, -0.15) is 0 Å². The fourth-order valence-electron chi connectivity index (χ4n) is 2.05. The second-order valence-electron chi connectivity index (χ2n) is 4.49. The van der Waals surface area contributed by atoms with Gasteiger partial charge in [0.05, 0.1) is 10.6 Å². The lowest BCUT2D eigenvalue weighted by Gasteiger charge is -2.26. The molecule has 1 aliphatic rings. The maximum absolute atomic E-state index is 9.43. The average molecular weight is 285 g/mol. The molecule has 0 aliphatic heterocycles. The molecule has 1 aliphatic carbocycles. The minimum atomic E-state index is -0.104. The number of nitrogens with one attached hydrogen (secondary N) is 1. The number of nitrogens with zero attached hydrogens (tertiary/aromatic N) is 1. The van der Waals surface area contributed by atoms with Crippen molar-refractivity contribution in [3.63, 3.8) is 0 Å². The molecule has 0 atom stereocenters. The van der Waals surface area contributed by atoms with Crippen LogP contribution in [-0.2, 0) is 0 Å². The van der Waals surface area contributed by atoms with Crippen molar-refractivity contribution < 1.29 is 5.11 Å². The Morgan fingerprint density at radius 1 is 1.38 bits per heavy atom. The van der Waals surface area contributed by atoms with Crippen LogP contribution < -0.4 is 5.32 Å². The van der Waals surface area contributed by atoms with Crippen LogP contribution in [0.1, 0.15) is 31.2 Å². The maximum Gasteiger partial charge on any atom is 0.140 e. The van der Waals surface area contributed by atoms with Gasteiger partial charge < -0.3 is 10.4 Å². The Labute approximate surface area is 104 Å². The molecule has 16 heavy (non-hydrogen) atoms. The van der Waals surface area contributed by atoms with Crippen LogP contribution in [0.5, 0.6) is 0 Å². The Bertz CT molecular complexity index is 362. The summed E-state index contributed by atoms with van der Waals surface area (Å²) >= 11 is 3.51. The summed E-state index contributed by atoms with van der Waals surface area (Å²) in [5, 5.41) is 12.9. The summed E-state index contributed by atoms with van der Waals surface area (Å²) < 4.78 is 1.01. The SMILES string of the molecule is Cc1cnc(NC2CCC(O)CC2)c(Br)c1. The highest BCUT2D eigenvalue weighted by Crippen LogP contribution is 2.25. The largest absolute Gasteiger partial charge is 0.393 e. The molecule has 1 aromatic heterocycles. The lowest BCUT2D eigenvalue weighted by molar-refractivity contribution is 0.126. The lowest BCUT2D eigenvalue weighted by atomic mass is 9.93. The topological polar surface area (TPSA) is 45.2 Å². The quantitative estimate of drug-likeness (QED) is 0.878. The lowest BCUT2D eigenvalue weighted by Crippen LogP contribution is -2.28. The number of aromatic nitrogens is 1. The van der Waals surface area contributed by atoms with Crippen LogP contribution >= 0.6 is 15.9 Å². The van der Waals surface area contributed by atoms with E-state index >= 15 is 0 Å². The predicted molar refractivity (Wildman–Crippen MR) is 68.6 cm³/mol. The third kappa shape index (κ3) is 2.95. The van der Waals surface area contributed by atoms with Gasteiger partial charge in [0, 0.05) is 12.2 Å². The van der Waals surface area contributed by atoms with E-state index in [9.17, 15) is 5.11 Å². The molecule has 0 bridgehead atoms. The molecule has 0 unspecified atom stereocenters. The fraction of sp³-hybridized carbons (Fsp3) is 0.583. The zero-order chi connectivity index (χ0) is 11.5. The van der Waals surface area contributed by atoms with Gasteiger partial charge in [0.15, 0.2) is 0 Å². The molecule has 0 amide bonds. The van der Waals surface area contributed by atoms with Gasteiger partial charge in [-0.25, -0.2) is 4.98 Å². The van der Waals surface area contributed by atoms with Crippen molar-refractivity contribution in [2.45, 2.75) is 44.8 Å². The van der Waals surface area contributed by atoms with E-state index in [-0.39, 0.29) is 6.10 Å². The first-order valence-corrected chi connectivity index (χ1v) is 6.51. The molecule has 88 valence electrons. The molecule has 4 heteroatoms. The van der Waals surface area contributed by atoms with Crippen LogP contribution in [0, 0.1) is 6.92 Å². The van der Waals surface area contributed by atoms with Crippen LogP contribution in [0.15, 0.2) is 16.7 Å². The van der Waals surface area contributed by atoms with E-state index in [1.54, 1.807) is 0 Å². The van der Waals surface area contributed by atoms with E-state index in [0.717, 1.165) is 41.5 Å². The highest BCUT2D eigenvalue weighted by molar-refractivity contribution is 9.10. The molecule has 1 aromatic rings. The van der Waals surface area contributed by atoms with Crippen molar-refractivity contribution in [2.75, 3.05) is 5.32 Å². The Kier molecular flexibility index (Phi) is 3.82. The molecule has 0 spiro atoms. The number of aliphatic hydroxyl groups is 1. The Morgan fingerprint density at radius 3 is 2.69 bits per heavy atom. The molecule has 1 saturated carbocycles. The van der Waals surface area contributed by atoms with Crippen LogP contribution in [0.4, 0.5) is 5.82 Å². The Hall–Kier alpha value is -0.610. The number of aliphatic hydroxyl groups excluding tert-OH is 1. The zero-order valence-corrected chi connectivity index (χ0v) is 11.0. The first-order chi connectivity index (χ1) is 7.65. The highest BCUT2D eigenvalue weighted by Gasteiger charge is 2.19. The van der Waals surface area contributed by atoms with Gasteiger partial charge in [-0.1, -0.05) is 0 Å². The van der Waals surface area contributed by atoms with Gasteiger partial charge in [0.2, 0.25) is 0 Å². The third-order valence-corrected chi connectivity index (χ3v) is 3.62. The second-order valence-corrected chi connectivity index (χ2v) is 5.35. The van der Waals surface area contributed by atoms with Crippen molar-refractivity contribution in [1.29, 1.82) is 0 Å². The number of pyridine rings is 1. The van der Waals surface area contributed by atoms with Gasteiger partial charge in [-0.05, 0) is 60.2 Å². The third-order valence-electron chi connectivity index (χ3n) is 3.02. The molecule has 0 saturated heterocycles. The van der Waals surface area contributed by atoms with Crippen molar-refractivity contribution in [1.82, 2.24) is 4.98 Å². The van der Waals surface area contributed by atoms with Crippen molar-refractivity contribution in [2.24, 2.45) is 0 Å². The molecule has 0 radical (unpaired) electrons. The summed E-state index contributed by atoms with van der Waals surface area (Å²) in [5.41, 5.74) is 1.15. The van der Waals surface area contributed by atoms with E-state index in [0.29, 0.717) is 6.04 Å². The van der Waals surface area contributed by atoms with Gasteiger partial charge >= 0.3 is 0 Å². The zero-order valence-electron chi connectivity index (χ0n) is 9.41. The van der Waals surface area contributed by atoms with Crippen LogP contribution in [0.25, 0.3) is 0 Å². The summed E-state index contributed by atoms with van der Waals surface area (Å²) in [5.74, 6) is 0.909. The van der Waals surface area contributed by atoms with E-state index in [4.69, 9.17) is 0 Å². The van der Waals surface area contributed by atoms with Crippen molar-refractivity contribution in [3.8, 4) is 0 Å². The van der Waals surface area contributed by atoms with Gasteiger partial charge in [-0.15, -0.1) is 0 Å². The van der Waals surface area contributed by atoms with Gasteiger partial charge in [0.1, 0.15) is 5.82 Å². The molecule has 0 aromatic carbocycles. The molecule has 1 fully saturated rings. The second kappa shape index (κ2) is 5.15. The van der Waals surface area contributed by atoms with Gasteiger partial charge in [0.25, 0.3) is 0 Å². The molecular formula is C12H17BrN2O. The molecule has 2 N–H and O–H groups in total. The summed E-state index contributed by atoms with van der Waals surface area (Å²) in [6.07, 6.45) is 5.58. The number of halogens is 1. The highest BCUT2D eigenvalue weighted by atomic mass is 79.9. The van der Waals surface area contributed by atoms with Gasteiger partial charge in [-0.3, -0.25) is 0 Å². The Morgan fingerprint density at radius 2 is 2.06 bits per heavy atom. The Balaban J connectivity index is 1.98. The molecule has 2 rings (SSSR count). The molecular weight excluding hydrogens is 268 g/mol. The first-order valence-electron chi connectivity index (χ1n) is 5.72. The van der Waals surface area contributed by atoms with E-state index in [1.807, 2.05) is 13.1 Å². The van der Waals surface area contributed by atoms with Crippen LogP contribution in [0.2, 0.25) is 0 Å². The maximum atomic E-state index is 9.43. The predicted octanol–water partition coefficient (Wildman–Crippen LogP) is 2.87. The van der Waals surface area contributed by atoms with E-state index < -0.39 is 0 Å². The number of anilines is 1. The number of aryl methyl sites for hydroxylation is 1. The summed E-state index contributed by atoms with van der Waals surface area (Å²) in [6.45, 7) is 2.03. The van der Waals surface area contributed by atoms with Crippen molar-refractivity contribution >= 4 is 21.7 Å². The average Bonchev–Trinajstić information content (AvgIpc) is 2.25. The summed E-state index contributed by atoms with van der Waals surface area (Å²) in [4.78, 5) is 4.37. The number of rotatable bonds is 2. The smallest absolute Gasteiger partial charge is 0.140 e. The minimum Gasteiger partial charge on any atom is -0.393 e. The standard InChI is InChI=1S/C12H17BrN2O/c1-8-6-11(13)12(14-7-8)15-9-2-4-10(16)5-3-9/h6-7,9-10,16H,2-5H2,1H3,(H,14,15). The normalized spacial score (nSPS) is 25.4. The number of hydrogen-bond donors (Lipinski definition) is 2. The van der Waals surface area contributed by atoms with Crippen LogP contribution in [-0.4, -0.2) is 22.2 Å². The molecule has 1 heterocycles. The summed E-state index contributed by atoms with van der Waals surface area (Å²) in [6, 6.07) is 2.50. The first kappa shape index (κ1) is 11.9. The van der Waals surface area contributed by atoms with Crippen LogP contribution in [0.3, 0.4) is 0 Å². The monoisotopic (exact) mass is 284 g/mol. The molecule has 3 nitrogen and oxygen atoms in total. The fourth-order valence-corrected chi connectivity index (χ4v) is 2.63. The van der Waals surface area contributed by atoms with E-state index in [2.05, 4.69) is 32.3 Å².